The van der Waals surface area contributed by atoms with Crippen LogP contribution in [-0.2, 0) is 0 Å². The number of aliphatic hydroxyl groups excluding tert-OH is 1. The van der Waals surface area contributed by atoms with E-state index in [4.69, 9.17) is 0 Å². The first-order chi connectivity index (χ1) is 8.34. The average molecular weight is 249 g/mol. The highest BCUT2D eigenvalue weighted by molar-refractivity contribution is 7.16. The summed E-state index contributed by atoms with van der Waals surface area (Å²) < 4.78 is 0. The molecule has 1 saturated carbocycles. The molecule has 2 aromatic heterocycles. The van der Waals surface area contributed by atoms with Crippen LogP contribution in [0.15, 0.2) is 17.8 Å². The molecule has 2 aromatic rings. The zero-order valence-electron chi connectivity index (χ0n) is 9.47. The Bertz CT molecular complexity index is 513. The van der Waals surface area contributed by atoms with Gasteiger partial charge in [0.25, 0.3) is 0 Å². The largest absolute Gasteiger partial charge is 0.393 e. The Kier molecular flexibility index (Phi) is 2.94. The fraction of sp³-hybridized carbons (Fsp3) is 0.500. The Morgan fingerprint density at radius 2 is 2.35 bits per heavy atom. The van der Waals surface area contributed by atoms with Gasteiger partial charge in [-0.05, 0) is 24.3 Å². The van der Waals surface area contributed by atoms with Gasteiger partial charge in [0.05, 0.1) is 11.5 Å². The van der Waals surface area contributed by atoms with E-state index in [1.807, 2.05) is 11.4 Å². The summed E-state index contributed by atoms with van der Waals surface area (Å²) in [5, 5.41) is 16.2. The lowest BCUT2D eigenvalue weighted by Gasteiger charge is -2.15. The van der Waals surface area contributed by atoms with Gasteiger partial charge in [-0.15, -0.1) is 11.3 Å². The molecule has 90 valence electrons. The van der Waals surface area contributed by atoms with Crippen molar-refractivity contribution in [2.24, 2.45) is 5.92 Å². The number of rotatable bonds is 3. The molecule has 1 aliphatic carbocycles. The van der Waals surface area contributed by atoms with Crippen molar-refractivity contribution in [3.63, 3.8) is 0 Å². The number of fused-ring (bicyclic) bond motifs is 1. The second kappa shape index (κ2) is 4.58. The monoisotopic (exact) mass is 249 g/mol. The van der Waals surface area contributed by atoms with E-state index >= 15 is 0 Å². The van der Waals surface area contributed by atoms with Crippen LogP contribution in [-0.4, -0.2) is 27.7 Å². The van der Waals surface area contributed by atoms with Crippen LogP contribution in [0.5, 0.6) is 0 Å². The van der Waals surface area contributed by atoms with Crippen molar-refractivity contribution >= 4 is 27.4 Å². The van der Waals surface area contributed by atoms with Crippen LogP contribution in [0.1, 0.15) is 19.3 Å². The summed E-state index contributed by atoms with van der Waals surface area (Å²) in [5.41, 5.74) is 0. The molecule has 0 radical (unpaired) electrons. The number of anilines is 1. The summed E-state index contributed by atoms with van der Waals surface area (Å²) in [7, 11) is 0. The van der Waals surface area contributed by atoms with Gasteiger partial charge in [0, 0.05) is 12.5 Å². The molecule has 4 nitrogen and oxygen atoms in total. The molecule has 17 heavy (non-hydrogen) atoms. The minimum absolute atomic E-state index is 0.151. The van der Waals surface area contributed by atoms with Crippen molar-refractivity contribution in [3.8, 4) is 0 Å². The maximum Gasteiger partial charge on any atom is 0.138 e. The van der Waals surface area contributed by atoms with E-state index in [9.17, 15) is 5.11 Å². The predicted molar refractivity (Wildman–Crippen MR) is 69.3 cm³/mol. The van der Waals surface area contributed by atoms with Crippen LogP contribution in [0.2, 0.25) is 0 Å². The number of hydrogen-bond donors (Lipinski definition) is 2. The lowest BCUT2D eigenvalue weighted by molar-refractivity contribution is 0.138. The van der Waals surface area contributed by atoms with E-state index in [1.54, 1.807) is 17.7 Å². The molecule has 1 aliphatic rings. The minimum Gasteiger partial charge on any atom is -0.393 e. The Morgan fingerprint density at radius 1 is 1.41 bits per heavy atom. The molecule has 3 rings (SSSR count). The Labute approximate surface area is 104 Å². The number of aliphatic hydroxyl groups is 1. The predicted octanol–water partition coefficient (Wildman–Crippen LogP) is 2.26. The summed E-state index contributed by atoms with van der Waals surface area (Å²) in [4.78, 5) is 9.49. The Hall–Kier alpha value is -1.20. The maximum absolute atomic E-state index is 9.77. The summed E-state index contributed by atoms with van der Waals surface area (Å²) >= 11 is 1.62. The zero-order valence-corrected chi connectivity index (χ0v) is 10.3. The van der Waals surface area contributed by atoms with E-state index in [1.165, 1.54) is 0 Å². The van der Waals surface area contributed by atoms with E-state index in [2.05, 4.69) is 15.3 Å². The molecule has 0 amide bonds. The number of nitrogens with zero attached hydrogens (tertiary/aromatic N) is 2. The molecule has 0 spiro atoms. The third kappa shape index (κ3) is 2.12. The number of aromatic nitrogens is 2. The van der Waals surface area contributed by atoms with E-state index in [0.717, 1.165) is 41.8 Å². The second-order valence-corrected chi connectivity index (χ2v) is 5.40. The van der Waals surface area contributed by atoms with Crippen LogP contribution < -0.4 is 5.32 Å². The third-order valence-electron chi connectivity index (χ3n) is 3.41. The number of thiophene rings is 1. The highest BCUT2D eigenvalue weighted by atomic mass is 32.1. The van der Waals surface area contributed by atoms with Crippen LogP contribution in [0.4, 0.5) is 5.82 Å². The Balaban J connectivity index is 1.74. The molecule has 2 heterocycles. The highest BCUT2D eigenvalue weighted by Gasteiger charge is 2.24. The molecule has 2 unspecified atom stereocenters. The van der Waals surface area contributed by atoms with Gasteiger partial charge in [-0.1, -0.05) is 6.42 Å². The van der Waals surface area contributed by atoms with Crippen LogP contribution >= 0.6 is 11.3 Å². The minimum atomic E-state index is -0.151. The van der Waals surface area contributed by atoms with Gasteiger partial charge >= 0.3 is 0 Å². The number of hydrogen-bond acceptors (Lipinski definition) is 5. The van der Waals surface area contributed by atoms with Crippen molar-refractivity contribution in [3.05, 3.63) is 17.8 Å². The molecule has 0 aromatic carbocycles. The fourth-order valence-corrected chi connectivity index (χ4v) is 3.15. The number of nitrogens with one attached hydrogen (secondary N) is 1. The highest BCUT2D eigenvalue weighted by Crippen LogP contribution is 2.27. The van der Waals surface area contributed by atoms with Crippen molar-refractivity contribution in [1.82, 2.24) is 9.97 Å². The van der Waals surface area contributed by atoms with Gasteiger partial charge in [0.15, 0.2) is 0 Å². The normalized spacial score (nSPS) is 24.3. The molecule has 2 atom stereocenters. The average Bonchev–Trinajstić information content (AvgIpc) is 2.95. The molecule has 0 saturated heterocycles. The van der Waals surface area contributed by atoms with E-state index in [0.29, 0.717) is 5.92 Å². The first-order valence-corrected chi connectivity index (χ1v) is 6.82. The first-order valence-electron chi connectivity index (χ1n) is 5.95. The van der Waals surface area contributed by atoms with E-state index < -0.39 is 0 Å². The van der Waals surface area contributed by atoms with Crippen LogP contribution in [0.3, 0.4) is 0 Å². The van der Waals surface area contributed by atoms with Crippen molar-refractivity contribution < 1.29 is 5.11 Å². The van der Waals surface area contributed by atoms with Crippen molar-refractivity contribution in [1.29, 1.82) is 0 Å². The SMILES string of the molecule is OC1CCCC1CNc1ncnc2sccc12. The molecule has 2 N–H and O–H groups in total. The molecule has 0 bridgehead atoms. The van der Waals surface area contributed by atoms with Crippen LogP contribution in [0, 0.1) is 5.92 Å². The summed E-state index contributed by atoms with van der Waals surface area (Å²) in [6.45, 7) is 0.795. The third-order valence-corrected chi connectivity index (χ3v) is 4.23. The Morgan fingerprint density at radius 3 is 3.18 bits per heavy atom. The van der Waals surface area contributed by atoms with Gasteiger partial charge in [0.1, 0.15) is 17.0 Å². The van der Waals surface area contributed by atoms with Gasteiger partial charge in [-0.2, -0.15) is 0 Å². The van der Waals surface area contributed by atoms with Gasteiger partial charge in [0.2, 0.25) is 0 Å². The quantitative estimate of drug-likeness (QED) is 0.876. The molecular formula is C12H15N3OS. The smallest absolute Gasteiger partial charge is 0.138 e. The van der Waals surface area contributed by atoms with Gasteiger partial charge in [-0.3, -0.25) is 0 Å². The van der Waals surface area contributed by atoms with Crippen LogP contribution in [0.25, 0.3) is 10.2 Å². The van der Waals surface area contributed by atoms with Gasteiger partial charge in [-0.25, -0.2) is 9.97 Å². The standard InChI is InChI=1S/C12H15N3OS/c16-10-3-1-2-8(10)6-13-11-9-4-5-17-12(9)15-7-14-11/h4-5,7-8,10,16H,1-3,6H2,(H,13,14,15). The summed E-state index contributed by atoms with van der Waals surface area (Å²) in [6, 6.07) is 2.04. The van der Waals surface area contributed by atoms with Gasteiger partial charge < -0.3 is 10.4 Å². The molecular weight excluding hydrogens is 234 g/mol. The summed E-state index contributed by atoms with van der Waals surface area (Å²) in [5.74, 6) is 1.24. The lowest BCUT2D eigenvalue weighted by Crippen LogP contribution is -2.22. The fourth-order valence-electron chi connectivity index (χ4n) is 2.41. The van der Waals surface area contributed by atoms with Crippen molar-refractivity contribution in [2.75, 3.05) is 11.9 Å². The molecule has 5 heteroatoms. The molecule has 1 fully saturated rings. The second-order valence-electron chi connectivity index (χ2n) is 4.50. The van der Waals surface area contributed by atoms with Crippen molar-refractivity contribution in [2.45, 2.75) is 25.4 Å². The lowest BCUT2D eigenvalue weighted by atomic mass is 10.1. The zero-order chi connectivity index (χ0) is 11.7. The first kappa shape index (κ1) is 10.9. The molecule has 0 aliphatic heterocycles. The van der Waals surface area contributed by atoms with E-state index in [-0.39, 0.29) is 6.10 Å². The summed E-state index contributed by atoms with van der Waals surface area (Å²) in [6.07, 6.45) is 4.61. The topological polar surface area (TPSA) is 58.0 Å². The maximum atomic E-state index is 9.77.